The smallest absolute Gasteiger partial charge is 0.242 e. The maximum Gasteiger partial charge on any atom is 0.242 e. The van der Waals surface area contributed by atoms with Crippen LogP contribution < -0.4 is 0 Å². The van der Waals surface area contributed by atoms with Crippen LogP contribution in [0.1, 0.15) is 31.2 Å². The van der Waals surface area contributed by atoms with Gasteiger partial charge in [0.25, 0.3) is 0 Å². The molecule has 3 heterocycles. The molecule has 1 unspecified atom stereocenters. The van der Waals surface area contributed by atoms with Gasteiger partial charge in [0, 0.05) is 37.4 Å². The molecule has 2 aliphatic rings. The number of rotatable bonds is 6. The van der Waals surface area contributed by atoms with Gasteiger partial charge >= 0.3 is 0 Å². The van der Waals surface area contributed by atoms with Crippen molar-refractivity contribution < 1.29 is 4.79 Å². The van der Waals surface area contributed by atoms with Crippen molar-refractivity contribution in [3.8, 4) is 0 Å². The van der Waals surface area contributed by atoms with Crippen molar-refractivity contribution in [2.45, 2.75) is 38.6 Å². The van der Waals surface area contributed by atoms with Crippen LogP contribution in [-0.2, 0) is 17.8 Å². The monoisotopic (exact) mass is 366 g/mol. The van der Waals surface area contributed by atoms with Crippen LogP contribution >= 0.6 is 0 Å². The van der Waals surface area contributed by atoms with Crippen molar-refractivity contribution in [3.05, 3.63) is 54.6 Å². The Morgan fingerprint density at radius 2 is 2.00 bits per heavy atom. The number of nitrogens with zero attached hydrogens (tertiary/aromatic N) is 4. The highest BCUT2D eigenvalue weighted by Crippen LogP contribution is 2.39. The Kier molecular flexibility index (Phi) is 5.58. The maximum atomic E-state index is 12.6. The van der Waals surface area contributed by atoms with Crippen LogP contribution in [0.5, 0.6) is 0 Å². The van der Waals surface area contributed by atoms with Crippen LogP contribution in [0.15, 0.2) is 49.1 Å². The fraction of sp³-hybridized carbons (Fsp3) is 0.545. The van der Waals surface area contributed by atoms with Gasteiger partial charge in [-0.25, -0.2) is 4.98 Å². The third-order valence-corrected chi connectivity index (χ3v) is 6.19. The van der Waals surface area contributed by atoms with Crippen LogP contribution in [0.4, 0.5) is 0 Å². The molecule has 0 saturated carbocycles. The Labute approximate surface area is 162 Å². The van der Waals surface area contributed by atoms with Crippen molar-refractivity contribution in [1.82, 2.24) is 19.4 Å². The summed E-state index contributed by atoms with van der Waals surface area (Å²) in [5.41, 5.74) is 1.75. The van der Waals surface area contributed by atoms with E-state index in [1.165, 1.54) is 37.9 Å². The lowest BCUT2D eigenvalue weighted by molar-refractivity contribution is -0.131. The molecule has 27 heavy (non-hydrogen) atoms. The standard InChI is InChI=1S/C22H30N4O/c27-21(16-25-15-11-23-19-25)26-14-10-22(18-26)9-5-13-24(17-22)12-4-8-20-6-2-1-3-7-20/h1-3,6-7,11,15,19H,4-5,8-10,12-14,16-18H2. The number of carbonyl (C=O) groups excluding carboxylic acids is 1. The molecule has 0 aliphatic carbocycles. The third-order valence-electron chi connectivity index (χ3n) is 6.19. The Bertz CT molecular complexity index is 730. The summed E-state index contributed by atoms with van der Waals surface area (Å²) < 4.78 is 1.87. The number of piperidine rings is 1. The minimum absolute atomic E-state index is 0.228. The molecule has 4 rings (SSSR count). The zero-order valence-electron chi connectivity index (χ0n) is 16.1. The lowest BCUT2D eigenvalue weighted by Gasteiger charge is -2.40. The van der Waals surface area contributed by atoms with E-state index in [1.54, 1.807) is 12.5 Å². The molecule has 0 N–H and O–H groups in total. The van der Waals surface area contributed by atoms with Gasteiger partial charge in [-0.3, -0.25) is 4.79 Å². The summed E-state index contributed by atoms with van der Waals surface area (Å²) >= 11 is 0. The van der Waals surface area contributed by atoms with Crippen molar-refractivity contribution in [1.29, 1.82) is 0 Å². The average molecular weight is 367 g/mol. The molecular weight excluding hydrogens is 336 g/mol. The lowest BCUT2D eigenvalue weighted by atomic mass is 9.79. The van der Waals surface area contributed by atoms with Gasteiger partial charge in [-0.2, -0.15) is 0 Å². The Hall–Kier alpha value is -2.14. The van der Waals surface area contributed by atoms with Crippen molar-refractivity contribution in [2.24, 2.45) is 5.41 Å². The first-order chi connectivity index (χ1) is 13.2. The van der Waals surface area contributed by atoms with Crippen molar-refractivity contribution in [2.75, 3.05) is 32.7 Å². The van der Waals surface area contributed by atoms with E-state index < -0.39 is 0 Å². The van der Waals surface area contributed by atoms with Crippen molar-refractivity contribution in [3.63, 3.8) is 0 Å². The summed E-state index contributed by atoms with van der Waals surface area (Å²) in [6.07, 6.45) is 11.3. The number of aromatic nitrogens is 2. The summed E-state index contributed by atoms with van der Waals surface area (Å²) in [7, 11) is 0. The predicted octanol–water partition coefficient (Wildman–Crippen LogP) is 2.83. The van der Waals surface area contributed by atoms with Gasteiger partial charge < -0.3 is 14.4 Å². The number of hydrogen-bond donors (Lipinski definition) is 0. The molecule has 1 aromatic carbocycles. The van der Waals surface area contributed by atoms with E-state index in [4.69, 9.17) is 0 Å². The fourth-order valence-corrected chi connectivity index (χ4v) is 4.77. The highest BCUT2D eigenvalue weighted by molar-refractivity contribution is 5.76. The molecule has 0 bridgehead atoms. The average Bonchev–Trinajstić information content (AvgIpc) is 3.33. The number of carbonyl (C=O) groups is 1. The molecule has 0 radical (unpaired) electrons. The lowest BCUT2D eigenvalue weighted by Crippen LogP contribution is -2.45. The summed E-state index contributed by atoms with van der Waals surface area (Å²) in [4.78, 5) is 21.4. The van der Waals surface area contributed by atoms with Crippen LogP contribution in [0.2, 0.25) is 0 Å². The molecule has 5 heteroatoms. The topological polar surface area (TPSA) is 41.4 Å². The fourth-order valence-electron chi connectivity index (χ4n) is 4.77. The van der Waals surface area contributed by atoms with E-state index >= 15 is 0 Å². The number of amides is 1. The highest BCUT2D eigenvalue weighted by atomic mass is 16.2. The number of imidazole rings is 1. The molecule has 2 aromatic rings. The van der Waals surface area contributed by atoms with Gasteiger partial charge in [0.05, 0.1) is 6.33 Å². The molecule has 2 fully saturated rings. The van der Waals surface area contributed by atoms with Gasteiger partial charge in [-0.05, 0) is 50.8 Å². The first-order valence-electron chi connectivity index (χ1n) is 10.2. The second kappa shape index (κ2) is 8.26. The molecule has 1 aromatic heterocycles. The van der Waals surface area contributed by atoms with E-state index in [-0.39, 0.29) is 5.91 Å². The highest BCUT2D eigenvalue weighted by Gasteiger charge is 2.42. The van der Waals surface area contributed by atoms with E-state index in [0.29, 0.717) is 12.0 Å². The Morgan fingerprint density at radius 3 is 2.81 bits per heavy atom. The van der Waals surface area contributed by atoms with E-state index in [1.807, 2.05) is 10.8 Å². The number of likely N-dealkylation sites (tertiary alicyclic amines) is 2. The summed E-state index contributed by atoms with van der Waals surface area (Å²) in [6, 6.07) is 10.8. The predicted molar refractivity (Wildman–Crippen MR) is 106 cm³/mol. The minimum Gasteiger partial charge on any atom is -0.341 e. The van der Waals surface area contributed by atoms with Crippen LogP contribution in [-0.4, -0.2) is 58.0 Å². The van der Waals surface area contributed by atoms with Gasteiger partial charge in [0.1, 0.15) is 6.54 Å². The summed E-state index contributed by atoms with van der Waals surface area (Å²) in [6.45, 7) is 5.77. The largest absolute Gasteiger partial charge is 0.341 e. The van der Waals surface area contributed by atoms with Crippen LogP contribution in [0.25, 0.3) is 0 Å². The Morgan fingerprint density at radius 1 is 1.11 bits per heavy atom. The zero-order valence-corrected chi connectivity index (χ0v) is 16.1. The zero-order chi connectivity index (χ0) is 18.5. The molecule has 2 aliphatic heterocycles. The number of benzene rings is 1. The van der Waals surface area contributed by atoms with E-state index in [2.05, 4.69) is 45.1 Å². The van der Waals surface area contributed by atoms with Crippen molar-refractivity contribution >= 4 is 5.91 Å². The third kappa shape index (κ3) is 4.59. The second-order valence-electron chi connectivity index (χ2n) is 8.27. The quantitative estimate of drug-likeness (QED) is 0.789. The minimum atomic E-state index is 0.228. The number of aryl methyl sites for hydroxylation is 1. The number of hydrogen-bond acceptors (Lipinski definition) is 3. The van der Waals surface area contributed by atoms with Gasteiger partial charge in [0.15, 0.2) is 0 Å². The second-order valence-corrected chi connectivity index (χ2v) is 8.27. The van der Waals surface area contributed by atoms with Gasteiger partial charge in [0.2, 0.25) is 5.91 Å². The molecular formula is C22H30N4O. The first-order valence-corrected chi connectivity index (χ1v) is 10.2. The van der Waals surface area contributed by atoms with Crippen LogP contribution in [0.3, 0.4) is 0 Å². The van der Waals surface area contributed by atoms with Crippen LogP contribution in [0, 0.1) is 5.41 Å². The molecule has 1 atom stereocenters. The molecule has 2 saturated heterocycles. The molecule has 1 amide bonds. The first kappa shape index (κ1) is 18.2. The molecule has 5 nitrogen and oxygen atoms in total. The normalized spacial score (nSPS) is 23.2. The van der Waals surface area contributed by atoms with E-state index in [0.717, 1.165) is 32.5 Å². The summed E-state index contributed by atoms with van der Waals surface area (Å²) in [5.74, 6) is 0.228. The van der Waals surface area contributed by atoms with Gasteiger partial charge in [-0.1, -0.05) is 30.3 Å². The van der Waals surface area contributed by atoms with Gasteiger partial charge in [-0.15, -0.1) is 0 Å². The Balaban J connectivity index is 1.26. The summed E-state index contributed by atoms with van der Waals surface area (Å²) in [5, 5.41) is 0. The SMILES string of the molecule is O=C(Cn1ccnc1)N1CCC2(CCCN(CCCc3ccccc3)C2)C1. The van der Waals surface area contributed by atoms with E-state index in [9.17, 15) is 4.79 Å². The maximum absolute atomic E-state index is 12.6. The molecule has 1 spiro atoms. The molecule has 144 valence electrons.